The predicted molar refractivity (Wildman–Crippen MR) is 91.6 cm³/mol. The zero-order valence-electron chi connectivity index (χ0n) is 12.4. The molecule has 0 aromatic heterocycles. The second-order valence-corrected chi connectivity index (χ2v) is 5.73. The molecule has 1 fully saturated rings. The van der Waals surface area contributed by atoms with Crippen molar-refractivity contribution in [1.82, 2.24) is 0 Å². The van der Waals surface area contributed by atoms with E-state index in [4.69, 9.17) is 12.2 Å². The van der Waals surface area contributed by atoms with Crippen LogP contribution in [0.25, 0.3) is 0 Å². The maximum Gasteiger partial charge on any atom is 0.269 e. The van der Waals surface area contributed by atoms with Crippen LogP contribution in [-0.4, -0.2) is 15.8 Å². The molecule has 1 atom stereocenters. The fraction of sp³-hybridized carbons (Fsp3) is 0.176. The highest BCUT2D eigenvalue weighted by molar-refractivity contribution is 7.81. The van der Waals surface area contributed by atoms with Gasteiger partial charge in [-0.25, -0.2) is 0 Å². The largest absolute Gasteiger partial charge is 0.273 e. The van der Waals surface area contributed by atoms with E-state index in [2.05, 4.69) is 0 Å². The second kappa shape index (κ2) is 5.55. The first kappa shape index (κ1) is 15.3. The average Bonchev–Trinajstić information content (AvgIpc) is 2.57. The Hall–Kier alpha value is -2.60. The summed E-state index contributed by atoms with van der Waals surface area (Å²) >= 11 is 5.53. The highest BCUT2D eigenvalue weighted by Crippen LogP contribution is 2.44. The van der Waals surface area contributed by atoms with Crippen LogP contribution in [-0.2, 0) is 10.2 Å². The van der Waals surface area contributed by atoms with E-state index in [0.29, 0.717) is 17.1 Å². The van der Waals surface area contributed by atoms with Crippen LogP contribution in [0.2, 0.25) is 0 Å². The van der Waals surface area contributed by atoms with Crippen LogP contribution in [0.3, 0.4) is 0 Å². The number of benzene rings is 2. The van der Waals surface area contributed by atoms with Gasteiger partial charge in [-0.1, -0.05) is 49.5 Å². The van der Waals surface area contributed by atoms with Crippen molar-refractivity contribution in [2.24, 2.45) is 0 Å². The number of amides is 1. The number of hydrogen-bond donors (Lipinski definition) is 0. The Morgan fingerprint density at radius 3 is 2.22 bits per heavy atom. The summed E-state index contributed by atoms with van der Waals surface area (Å²) in [6.45, 7) is 1.93. The van der Waals surface area contributed by atoms with Crippen molar-refractivity contribution in [1.29, 1.82) is 0 Å². The molecule has 1 aliphatic heterocycles. The lowest BCUT2D eigenvalue weighted by Crippen LogP contribution is -2.68. The summed E-state index contributed by atoms with van der Waals surface area (Å²) < 4.78 is 0. The molecule has 0 spiro atoms. The van der Waals surface area contributed by atoms with Crippen molar-refractivity contribution in [2.75, 3.05) is 4.90 Å². The monoisotopic (exact) mass is 326 g/mol. The third-order valence-electron chi connectivity index (χ3n) is 4.25. The third kappa shape index (κ3) is 2.14. The van der Waals surface area contributed by atoms with Crippen LogP contribution in [0.5, 0.6) is 0 Å². The number of rotatable bonds is 4. The zero-order valence-corrected chi connectivity index (χ0v) is 13.2. The molecular weight excluding hydrogens is 312 g/mol. The Balaban J connectivity index is 1.95. The molecule has 3 rings (SSSR count). The van der Waals surface area contributed by atoms with Gasteiger partial charge in [0.25, 0.3) is 5.69 Å². The van der Waals surface area contributed by atoms with Crippen molar-refractivity contribution >= 4 is 34.5 Å². The number of nitrogens with zero attached hydrogens (tertiary/aromatic N) is 2. The average molecular weight is 326 g/mol. The van der Waals surface area contributed by atoms with Crippen LogP contribution >= 0.6 is 12.2 Å². The van der Waals surface area contributed by atoms with Gasteiger partial charge in [-0.3, -0.25) is 19.8 Å². The molecule has 2 aromatic rings. The number of non-ortho nitro benzene ring substituents is 1. The molecule has 1 heterocycles. The van der Waals surface area contributed by atoms with Crippen molar-refractivity contribution in [2.45, 2.75) is 18.8 Å². The molecule has 116 valence electrons. The molecule has 1 aliphatic rings. The third-order valence-corrected chi connectivity index (χ3v) is 4.78. The maximum atomic E-state index is 12.8. The van der Waals surface area contributed by atoms with Crippen molar-refractivity contribution in [3.8, 4) is 0 Å². The summed E-state index contributed by atoms with van der Waals surface area (Å²) in [5.41, 5.74) is 0.650. The first-order valence-corrected chi connectivity index (χ1v) is 7.62. The Morgan fingerprint density at radius 1 is 1.13 bits per heavy atom. The van der Waals surface area contributed by atoms with Crippen LogP contribution in [0.1, 0.15) is 18.9 Å². The first-order valence-electron chi connectivity index (χ1n) is 7.21. The predicted octanol–water partition coefficient (Wildman–Crippen LogP) is 3.62. The van der Waals surface area contributed by atoms with Gasteiger partial charge in [0.05, 0.1) is 4.92 Å². The Morgan fingerprint density at radius 2 is 1.74 bits per heavy atom. The van der Waals surface area contributed by atoms with E-state index in [1.54, 1.807) is 12.1 Å². The number of thiocarbonyl (C=S) groups is 1. The summed E-state index contributed by atoms with van der Waals surface area (Å²) in [6, 6.07) is 15.3. The molecule has 0 bridgehead atoms. The summed E-state index contributed by atoms with van der Waals surface area (Å²) in [6.07, 6.45) is 0.582. The number of nitro benzene ring substituents is 1. The fourth-order valence-corrected chi connectivity index (χ4v) is 3.48. The van der Waals surface area contributed by atoms with Crippen molar-refractivity contribution < 1.29 is 9.72 Å². The highest BCUT2D eigenvalue weighted by atomic mass is 32.1. The lowest BCUT2D eigenvalue weighted by Gasteiger charge is -2.49. The van der Waals surface area contributed by atoms with Crippen LogP contribution in [0.15, 0.2) is 54.6 Å². The van der Waals surface area contributed by atoms with Gasteiger partial charge < -0.3 is 0 Å². The number of carbonyl (C=O) groups excluding carboxylic acids is 1. The molecule has 2 aromatic carbocycles. The van der Waals surface area contributed by atoms with Crippen LogP contribution in [0.4, 0.5) is 11.4 Å². The smallest absolute Gasteiger partial charge is 0.269 e. The van der Waals surface area contributed by atoms with Crippen molar-refractivity contribution in [3.05, 3.63) is 70.3 Å². The van der Waals surface area contributed by atoms with Gasteiger partial charge in [-0.2, -0.15) is 0 Å². The Bertz CT molecular complexity index is 771. The van der Waals surface area contributed by atoms with E-state index in [-0.39, 0.29) is 11.6 Å². The van der Waals surface area contributed by atoms with Crippen LogP contribution < -0.4 is 4.90 Å². The zero-order chi connectivity index (χ0) is 16.6. The van der Waals surface area contributed by atoms with E-state index >= 15 is 0 Å². The molecule has 0 radical (unpaired) electrons. The number of anilines is 1. The first-order chi connectivity index (χ1) is 11.0. The van der Waals surface area contributed by atoms with E-state index in [0.717, 1.165) is 5.56 Å². The Kier molecular flexibility index (Phi) is 3.69. The van der Waals surface area contributed by atoms with Crippen LogP contribution in [0, 0.1) is 10.1 Å². The van der Waals surface area contributed by atoms with Gasteiger partial charge in [0, 0.05) is 17.8 Å². The van der Waals surface area contributed by atoms with Gasteiger partial charge in [0.2, 0.25) is 5.91 Å². The van der Waals surface area contributed by atoms with Gasteiger partial charge in [0.1, 0.15) is 10.4 Å². The molecule has 5 nitrogen and oxygen atoms in total. The molecule has 1 saturated heterocycles. The van der Waals surface area contributed by atoms with E-state index in [1.165, 1.54) is 17.0 Å². The van der Waals surface area contributed by atoms with Gasteiger partial charge >= 0.3 is 0 Å². The number of hydrogen-bond acceptors (Lipinski definition) is 4. The summed E-state index contributed by atoms with van der Waals surface area (Å²) in [5, 5.41) is 10.7. The molecule has 23 heavy (non-hydrogen) atoms. The summed E-state index contributed by atoms with van der Waals surface area (Å²) in [5.74, 6) is -0.0925. The molecule has 0 N–H and O–H groups in total. The molecule has 1 amide bonds. The van der Waals surface area contributed by atoms with Gasteiger partial charge in [-0.05, 0) is 24.1 Å². The maximum absolute atomic E-state index is 12.8. The van der Waals surface area contributed by atoms with Gasteiger partial charge in [0.15, 0.2) is 0 Å². The molecule has 0 aliphatic carbocycles. The topological polar surface area (TPSA) is 63.5 Å². The van der Waals surface area contributed by atoms with E-state index in [1.807, 2.05) is 37.3 Å². The van der Waals surface area contributed by atoms with E-state index in [9.17, 15) is 14.9 Å². The lowest BCUT2D eigenvalue weighted by molar-refractivity contribution is -0.384. The minimum atomic E-state index is -0.779. The van der Waals surface area contributed by atoms with E-state index < -0.39 is 10.3 Å². The SMILES string of the molecule is CC[C@@]1(c2ccccc2)C(=O)N(c2ccc([N+](=O)[O-])cc2)C1=S. The minimum Gasteiger partial charge on any atom is -0.273 e. The quantitative estimate of drug-likeness (QED) is 0.372. The second-order valence-electron chi connectivity index (χ2n) is 5.34. The summed E-state index contributed by atoms with van der Waals surface area (Å²) in [7, 11) is 0. The molecular formula is C17H14N2O3S. The van der Waals surface area contributed by atoms with Crippen molar-refractivity contribution in [3.63, 3.8) is 0 Å². The normalized spacial score (nSPS) is 20.3. The molecule has 0 unspecified atom stereocenters. The number of nitro groups is 1. The number of carbonyl (C=O) groups is 1. The number of β-lactam (4-membered cyclic amide) rings is 1. The summed E-state index contributed by atoms with van der Waals surface area (Å²) in [4.78, 5) is 25.1. The molecule has 6 heteroatoms. The highest BCUT2D eigenvalue weighted by Gasteiger charge is 2.57. The van der Waals surface area contributed by atoms with Gasteiger partial charge in [-0.15, -0.1) is 0 Å². The molecule has 0 saturated carbocycles. The minimum absolute atomic E-state index is 0.0162. The standard InChI is InChI=1S/C17H14N2O3S/c1-2-17(12-6-4-3-5-7-12)15(20)18(16(17)23)13-8-10-14(11-9-13)19(21)22/h3-11H,2H2,1H3/t17-/m1/s1. The fourth-order valence-electron chi connectivity index (χ4n) is 2.95. The lowest BCUT2D eigenvalue weighted by atomic mass is 9.70. The Labute approximate surface area is 138 Å².